The Labute approximate surface area is 180 Å². The second-order valence-electron chi connectivity index (χ2n) is 7.27. The van der Waals surface area contributed by atoms with Crippen LogP contribution in [0.15, 0.2) is 66.7 Å². The summed E-state index contributed by atoms with van der Waals surface area (Å²) in [6.07, 6.45) is -0.469. The Morgan fingerprint density at radius 2 is 1.87 bits per heavy atom. The highest BCUT2D eigenvalue weighted by molar-refractivity contribution is 6.12. The number of primary amides is 1. The van der Waals surface area contributed by atoms with Gasteiger partial charge in [0.25, 0.3) is 11.8 Å². The number of nitrogens with zero attached hydrogens (tertiary/aromatic N) is 1. The molecular weight excluding hydrogens is 394 g/mol. The molecule has 31 heavy (non-hydrogen) atoms. The highest BCUT2D eigenvalue weighted by Crippen LogP contribution is 2.39. The second-order valence-corrected chi connectivity index (χ2v) is 7.27. The molecule has 7 heteroatoms. The summed E-state index contributed by atoms with van der Waals surface area (Å²) < 4.78 is 10.9. The Bertz CT molecular complexity index is 1150. The molecule has 0 bridgehead atoms. The summed E-state index contributed by atoms with van der Waals surface area (Å²) in [5.74, 6) is 0.164. The second kappa shape index (κ2) is 8.39. The molecule has 0 fully saturated rings. The van der Waals surface area contributed by atoms with Crippen molar-refractivity contribution < 1.29 is 19.1 Å². The fraction of sp³-hybridized carbons (Fsp3) is 0.167. The number of carbonyl (C=O) groups is 2. The van der Waals surface area contributed by atoms with Crippen molar-refractivity contribution in [1.29, 1.82) is 0 Å². The minimum absolute atomic E-state index is 0.0991. The van der Waals surface area contributed by atoms with Crippen molar-refractivity contribution in [2.45, 2.75) is 13.1 Å². The van der Waals surface area contributed by atoms with E-state index in [-0.39, 0.29) is 12.5 Å². The summed E-state index contributed by atoms with van der Waals surface area (Å²) in [6, 6.07) is 20.6. The number of para-hydroxylation sites is 1. The third-order valence-electron chi connectivity index (χ3n) is 5.08. The van der Waals surface area contributed by atoms with Gasteiger partial charge in [-0.2, -0.15) is 0 Å². The minimum atomic E-state index is -0.576. The summed E-state index contributed by atoms with van der Waals surface area (Å²) in [5, 5.41) is 3.47. The molecule has 3 aromatic carbocycles. The number of ether oxygens (including phenoxy) is 2. The van der Waals surface area contributed by atoms with Gasteiger partial charge >= 0.3 is 0 Å². The van der Waals surface area contributed by atoms with Crippen LogP contribution in [0, 0.1) is 6.92 Å². The number of rotatable bonds is 6. The highest BCUT2D eigenvalue weighted by atomic mass is 16.5. The van der Waals surface area contributed by atoms with E-state index in [1.807, 2.05) is 61.5 Å². The van der Waals surface area contributed by atoms with E-state index in [2.05, 4.69) is 5.32 Å². The number of nitrogens with one attached hydrogen (secondary N) is 1. The first-order valence-corrected chi connectivity index (χ1v) is 9.83. The zero-order chi connectivity index (χ0) is 22.0. The van der Waals surface area contributed by atoms with Crippen LogP contribution in [0.2, 0.25) is 0 Å². The van der Waals surface area contributed by atoms with Gasteiger partial charge in [-0.15, -0.1) is 0 Å². The smallest absolute Gasteiger partial charge is 0.262 e. The monoisotopic (exact) mass is 417 g/mol. The molecule has 1 aliphatic rings. The fourth-order valence-electron chi connectivity index (χ4n) is 3.65. The summed E-state index contributed by atoms with van der Waals surface area (Å²) in [5.41, 5.74) is 9.17. The molecule has 2 amide bonds. The van der Waals surface area contributed by atoms with E-state index in [0.717, 1.165) is 22.5 Å². The van der Waals surface area contributed by atoms with Crippen molar-refractivity contribution in [3.05, 3.63) is 83.4 Å². The van der Waals surface area contributed by atoms with Gasteiger partial charge in [-0.05, 0) is 54.4 Å². The zero-order valence-corrected chi connectivity index (χ0v) is 17.3. The van der Waals surface area contributed by atoms with Crippen molar-refractivity contribution in [2.24, 2.45) is 5.73 Å². The molecule has 3 aromatic rings. The number of nitrogens with two attached hydrogens (primary N) is 1. The molecule has 0 unspecified atom stereocenters. The van der Waals surface area contributed by atoms with E-state index in [0.29, 0.717) is 17.1 Å². The first-order valence-electron chi connectivity index (χ1n) is 9.83. The third kappa shape index (κ3) is 4.02. The van der Waals surface area contributed by atoms with E-state index < -0.39 is 12.1 Å². The average molecular weight is 417 g/mol. The molecular formula is C24H23N3O4. The van der Waals surface area contributed by atoms with Crippen molar-refractivity contribution in [2.75, 3.05) is 23.9 Å². The van der Waals surface area contributed by atoms with Gasteiger partial charge in [0.1, 0.15) is 6.17 Å². The van der Waals surface area contributed by atoms with Gasteiger partial charge in [-0.3, -0.25) is 14.5 Å². The summed E-state index contributed by atoms with van der Waals surface area (Å²) in [6.45, 7) is 1.74. The van der Waals surface area contributed by atoms with Crippen molar-refractivity contribution in [3.63, 3.8) is 0 Å². The topological polar surface area (TPSA) is 93.9 Å². The van der Waals surface area contributed by atoms with Gasteiger partial charge in [0.05, 0.1) is 12.7 Å². The molecule has 1 atom stereocenters. The molecule has 4 rings (SSSR count). The molecule has 1 aliphatic heterocycles. The van der Waals surface area contributed by atoms with Crippen LogP contribution in [0.4, 0.5) is 11.4 Å². The number of amides is 2. The lowest BCUT2D eigenvalue weighted by Crippen LogP contribution is -2.43. The Kier molecular flexibility index (Phi) is 5.49. The summed E-state index contributed by atoms with van der Waals surface area (Å²) >= 11 is 0. The van der Waals surface area contributed by atoms with Gasteiger partial charge in [0.15, 0.2) is 18.1 Å². The van der Waals surface area contributed by atoms with Gasteiger partial charge in [0, 0.05) is 11.4 Å². The maximum absolute atomic E-state index is 13.5. The number of methoxy groups -OCH3 is 1. The fourth-order valence-corrected chi connectivity index (χ4v) is 3.65. The number of anilines is 2. The number of hydrogen-bond donors (Lipinski definition) is 2. The quantitative estimate of drug-likeness (QED) is 0.639. The Hall–Kier alpha value is -4.00. The lowest BCUT2D eigenvalue weighted by Gasteiger charge is -2.38. The van der Waals surface area contributed by atoms with Gasteiger partial charge in [-0.25, -0.2) is 0 Å². The van der Waals surface area contributed by atoms with Crippen LogP contribution < -0.4 is 25.4 Å². The number of aryl methyl sites for hydroxylation is 1. The van der Waals surface area contributed by atoms with E-state index in [9.17, 15) is 9.59 Å². The molecule has 1 heterocycles. The normalized spacial score (nSPS) is 15.1. The van der Waals surface area contributed by atoms with E-state index in [1.54, 1.807) is 17.0 Å². The SMILES string of the molecule is COc1cc([C@H]2Nc3ccccc3C(=O)N2c2cccc(C)c2)ccc1OCC(N)=O. The molecule has 3 N–H and O–H groups in total. The van der Waals surface area contributed by atoms with Gasteiger partial charge in [-0.1, -0.05) is 30.3 Å². The van der Waals surface area contributed by atoms with Crippen molar-refractivity contribution in [1.82, 2.24) is 0 Å². The van der Waals surface area contributed by atoms with E-state index in [4.69, 9.17) is 15.2 Å². The van der Waals surface area contributed by atoms with Crippen LogP contribution in [0.5, 0.6) is 11.5 Å². The van der Waals surface area contributed by atoms with Crippen LogP contribution in [-0.4, -0.2) is 25.5 Å². The Balaban J connectivity index is 1.79. The average Bonchev–Trinajstić information content (AvgIpc) is 2.77. The molecule has 158 valence electrons. The first kappa shape index (κ1) is 20.3. The van der Waals surface area contributed by atoms with Crippen LogP contribution in [-0.2, 0) is 4.79 Å². The van der Waals surface area contributed by atoms with E-state index in [1.165, 1.54) is 7.11 Å². The molecule has 0 aromatic heterocycles. The molecule has 7 nitrogen and oxygen atoms in total. The largest absolute Gasteiger partial charge is 0.493 e. The lowest BCUT2D eigenvalue weighted by molar-refractivity contribution is -0.119. The maximum atomic E-state index is 13.5. The predicted octanol–water partition coefficient (Wildman–Crippen LogP) is 3.64. The Morgan fingerprint density at radius 3 is 2.61 bits per heavy atom. The van der Waals surface area contributed by atoms with Gasteiger partial charge in [0.2, 0.25) is 0 Å². The zero-order valence-electron chi connectivity index (χ0n) is 17.3. The first-order chi connectivity index (χ1) is 15.0. The van der Waals surface area contributed by atoms with Crippen LogP contribution in [0.3, 0.4) is 0 Å². The van der Waals surface area contributed by atoms with Crippen molar-refractivity contribution in [3.8, 4) is 11.5 Å². The summed E-state index contributed by atoms with van der Waals surface area (Å²) in [4.78, 5) is 26.3. The van der Waals surface area contributed by atoms with Crippen LogP contribution in [0.1, 0.15) is 27.7 Å². The Morgan fingerprint density at radius 1 is 1.06 bits per heavy atom. The molecule has 0 aliphatic carbocycles. The standard InChI is InChI=1S/C24H23N3O4/c1-15-6-5-7-17(12-15)27-23(26-19-9-4-3-8-18(19)24(27)29)16-10-11-20(21(13-16)30-2)31-14-22(25)28/h3-13,23,26H,14H2,1-2H3,(H2,25,28)/t23-/m0/s1. The number of carbonyl (C=O) groups excluding carboxylic acids is 2. The van der Waals surface area contributed by atoms with Crippen LogP contribution >= 0.6 is 0 Å². The third-order valence-corrected chi connectivity index (χ3v) is 5.08. The number of benzene rings is 3. The predicted molar refractivity (Wildman–Crippen MR) is 118 cm³/mol. The number of fused-ring (bicyclic) bond motifs is 1. The molecule has 0 saturated heterocycles. The maximum Gasteiger partial charge on any atom is 0.262 e. The minimum Gasteiger partial charge on any atom is -0.493 e. The van der Waals surface area contributed by atoms with Gasteiger partial charge < -0.3 is 20.5 Å². The summed E-state index contributed by atoms with van der Waals surface area (Å²) in [7, 11) is 1.52. The lowest BCUT2D eigenvalue weighted by atomic mass is 10.0. The van der Waals surface area contributed by atoms with Crippen molar-refractivity contribution >= 4 is 23.2 Å². The molecule has 0 radical (unpaired) electrons. The van der Waals surface area contributed by atoms with Crippen LogP contribution in [0.25, 0.3) is 0 Å². The van der Waals surface area contributed by atoms with E-state index >= 15 is 0 Å². The highest BCUT2D eigenvalue weighted by Gasteiger charge is 2.34. The molecule has 0 saturated carbocycles. The number of hydrogen-bond acceptors (Lipinski definition) is 5. The molecule has 0 spiro atoms.